The Morgan fingerprint density at radius 2 is 2.12 bits per heavy atom. The van der Waals surface area contributed by atoms with Crippen molar-refractivity contribution in [1.29, 1.82) is 0 Å². The molecule has 0 aromatic heterocycles. The fourth-order valence-electron chi connectivity index (χ4n) is 1.85. The van der Waals surface area contributed by atoms with E-state index in [0.29, 0.717) is 13.0 Å². The van der Waals surface area contributed by atoms with Crippen molar-refractivity contribution in [3.8, 4) is 0 Å². The van der Waals surface area contributed by atoms with Gasteiger partial charge in [0.25, 0.3) is 0 Å². The fraction of sp³-hybridized carbons (Fsp3) is 0.700. The lowest BCUT2D eigenvalue weighted by atomic mass is 10.0. The van der Waals surface area contributed by atoms with Crippen LogP contribution in [0.25, 0.3) is 0 Å². The minimum atomic E-state index is -1.07. The van der Waals surface area contributed by atoms with Crippen molar-refractivity contribution < 1.29 is 19.5 Å². The summed E-state index contributed by atoms with van der Waals surface area (Å²) >= 11 is 0. The second-order valence-electron chi connectivity index (χ2n) is 3.90. The lowest BCUT2D eigenvalue weighted by molar-refractivity contribution is -0.152. The minimum absolute atomic E-state index is 0.0131. The van der Waals surface area contributed by atoms with Gasteiger partial charge in [0.05, 0.1) is 0 Å². The standard InChI is InChI=1S/C10H16N2O4/c11-8(13)5-4-7(10(15)16)12-6-2-1-3-9(12)14/h7H,1-6H2,(H2,11,13)(H,15,16). The molecule has 0 aromatic rings. The summed E-state index contributed by atoms with van der Waals surface area (Å²) in [5, 5.41) is 9.01. The molecule has 2 amide bonds. The number of rotatable bonds is 5. The summed E-state index contributed by atoms with van der Waals surface area (Å²) in [5.74, 6) is -1.77. The number of carboxylic acid groups (broad SMARTS) is 1. The number of carbonyl (C=O) groups excluding carboxylic acids is 2. The Morgan fingerprint density at radius 3 is 2.62 bits per heavy atom. The Morgan fingerprint density at radius 1 is 1.44 bits per heavy atom. The molecule has 0 radical (unpaired) electrons. The number of hydrogen-bond acceptors (Lipinski definition) is 3. The molecule has 1 unspecified atom stereocenters. The van der Waals surface area contributed by atoms with Crippen LogP contribution in [0.15, 0.2) is 0 Å². The zero-order chi connectivity index (χ0) is 12.1. The number of likely N-dealkylation sites (tertiary alicyclic amines) is 1. The van der Waals surface area contributed by atoms with E-state index >= 15 is 0 Å². The Balaban J connectivity index is 2.64. The van der Waals surface area contributed by atoms with Crippen LogP contribution in [0.2, 0.25) is 0 Å². The van der Waals surface area contributed by atoms with Gasteiger partial charge in [-0.15, -0.1) is 0 Å². The van der Waals surface area contributed by atoms with Crippen LogP contribution >= 0.6 is 0 Å². The minimum Gasteiger partial charge on any atom is -0.480 e. The van der Waals surface area contributed by atoms with Crippen LogP contribution < -0.4 is 5.73 Å². The summed E-state index contributed by atoms with van der Waals surface area (Å²) in [4.78, 5) is 34.5. The van der Waals surface area contributed by atoms with Crippen molar-refractivity contribution in [1.82, 2.24) is 4.90 Å². The van der Waals surface area contributed by atoms with E-state index in [1.165, 1.54) is 4.90 Å². The molecular weight excluding hydrogens is 212 g/mol. The highest BCUT2D eigenvalue weighted by molar-refractivity contribution is 5.84. The molecule has 16 heavy (non-hydrogen) atoms. The topological polar surface area (TPSA) is 101 Å². The fourth-order valence-corrected chi connectivity index (χ4v) is 1.85. The van der Waals surface area contributed by atoms with Crippen LogP contribution in [0.5, 0.6) is 0 Å². The third-order valence-electron chi connectivity index (χ3n) is 2.69. The third-order valence-corrected chi connectivity index (χ3v) is 2.69. The van der Waals surface area contributed by atoms with Crippen molar-refractivity contribution in [2.75, 3.05) is 6.54 Å². The largest absolute Gasteiger partial charge is 0.480 e. The number of hydrogen-bond donors (Lipinski definition) is 2. The summed E-state index contributed by atoms with van der Waals surface area (Å²) in [7, 11) is 0. The normalized spacial score (nSPS) is 18.2. The molecule has 1 saturated heterocycles. The number of nitrogens with zero attached hydrogens (tertiary/aromatic N) is 1. The van der Waals surface area contributed by atoms with Gasteiger partial charge >= 0.3 is 5.97 Å². The van der Waals surface area contributed by atoms with Gasteiger partial charge in [0.15, 0.2) is 0 Å². The van der Waals surface area contributed by atoms with Gasteiger partial charge in [-0.05, 0) is 19.3 Å². The lowest BCUT2D eigenvalue weighted by Crippen LogP contribution is -2.47. The van der Waals surface area contributed by atoms with Crippen molar-refractivity contribution in [3.05, 3.63) is 0 Å². The van der Waals surface area contributed by atoms with E-state index in [9.17, 15) is 14.4 Å². The molecule has 1 rings (SSSR count). The molecule has 0 bridgehead atoms. The first-order valence-electron chi connectivity index (χ1n) is 5.33. The zero-order valence-electron chi connectivity index (χ0n) is 9.02. The highest BCUT2D eigenvalue weighted by Crippen LogP contribution is 2.17. The van der Waals surface area contributed by atoms with Gasteiger partial charge in [0.2, 0.25) is 11.8 Å². The second-order valence-corrected chi connectivity index (χ2v) is 3.90. The summed E-state index contributed by atoms with van der Waals surface area (Å²) in [5.41, 5.74) is 4.97. The Bertz CT molecular complexity index is 303. The number of carbonyl (C=O) groups is 3. The van der Waals surface area contributed by atoms with Crippen molar-refractivity contribution in [3.63, 3.8) is 0 Å². The zero-order valence-corrected chi connectivity index (χ0v) is 9.02. The molecule has 0 aromatic carbocycles. The molecule has 0 aliphatic carbocycles. The highest BCUT2D eigenvalue weighted by Gasteiger charge is 2.30. The molecule has 1 aliphatic rings. The van der Waals surface area contributed by atoms with Crippen LogP contribution in [0.3, 0.4) is 0 Å². The van der Waals surface area contributed by atoms with Crippen LogP contribution in [0.4, 0.5) is 0 Å². The Kier molecular flexibility index (Phi) is 4.28. The Hall–Kier alpha value is -1.59. The van der Waals surface area contributed by atoms with Gasteiger partial charge in [-0.3, -0.25) is 9.59 Å². The van der Waals surface area contributed by atoms with E-state index in [4.69, 9.17) is 10.8 Å². The van der Waals surface area contributed by atoms with Gasteiger partial charge in [-0.2, -0.15) is 0 Å². The molecule has 0 saturated carbocycles. The van der Waals surface area contributed by atoms with Crippen LogP contribution in [-0.2, 0) is 14.4 Å². The maximum atomic E-state index is 11.5. The summed E-state index contributed by atoms with van der Waals surface area (Å²) in [6.07, 6.45) is 2.08. The van der Waals surface area contributed by atoms with Crippen molar-refractivity contribution in [2.24, 2.45) is 5.73 Å². The van der Waals surface area contributed by atoms with E-state index in [1.807, 2.05) is 0 Å². The summed E-state index contributed by atoms with van der Waals surface area (Å²) in [6.45, 7) is 0.453. The molecule has 1 heterocycles. The number of piperidine rings is 1. The second kappa shape index (κ2) is 5.48. The molecule has 6 nitrogen and oxygen atoms in total. The number of nitrogens with two attached hydrogens (primary N) is 1. The average Bonchev–Trinajstić information content (AvgIpc) is 2.20. The lowest BCUT2D eigenvalue weighted by Gasteiger charge is -2.31. The van der Waals surface area contributed by atoms with E-state index in [2.05, 4.69) is 0 Å². The van der Waals surface area contributed by atoms with E-state index in [-0.39, 0.29) is 18.7 Å². The molecule has 6 heteroatoms. The van der Waals surface area contributed by atoms with Crippen molar-refractivity contribution in [2.45, 2.75) is 38.1 Å². The van der Waals surface area contributed by atoms with Gasteiger partial charge < -0.3 is 15.7 Å². The average molecular weight is 228 g/mol. The number of primary amides is 1. The van der Waals surface area contributed by atoms with Crippen LogP contribution in [0.1, 0.15) is 32.1 Å². The number of carboxylic acids is 1. The van der Waals surface area contributed by atoms with E-state index < -0.39 is 17.9 Å². The predicted octanol–water partition coefficient (Wildman–Crippen LogP) is -0.282. The van der Waals surface area contributed by atoms with Crippen molar-refractivity contribution >= 4 is 17.8 Å². The molecule has 3 N–H and O–H groups in total. The first kappa shape index (κ1) is 12.5. The maximum absolute atomic E-state index is 11.5. The first-order chi connectivity index (χ1) is 7.52. The van der Waals surface area contributed by atoms with Gasteiger partial charge in [-0.1, -0.05) is 0 Å². The number of aliphatic carboxylic acids is 1. The van der Waals surface area contributed by atoms with Gasteiger partial charge in [-0.25, -0.2) is 4.79 Å². The molecule has 1 aliphatic heterocycles. The number of amides is 2. The molecule has 1 fully saturated rings. The van der Waals surface area contributed by atoms with Gasteiger partial charge in [0.1, 0.15) is 6.04 Å². The van der Waals surface area contributed by atoms with E-state index in [1.54, 1.807) is 0 Å². The van der Waals surface area contributed by atoms with Gasteiger partial charge in [0, 0.05) is 19.4 Å². The molecule has 0 spiro atoms. The maximum Gasteiger partial charge on any atom is 0.326 e. The molecule has 90 valence electrons. The Labute approximate surface area is 93.4 Å². The summed E-state index contributed by atoms with van der Waals surface area (Å²) in [6, 6.07) is -0.916. The molecular formula is C10H16N2O4. The summed E-state index contributed by atoms with van der Waals surface area (Å²) < 4.78 is 0. The highest BCUT2D eigenvalue weighted by atomic mass is 16.4. The predicted molar refractivity (Wildman–Crippen MR) is 55.4 cm³/mol. The van der Waals surface area contributed by atoms with Crippen LogP contribution in [0, 0.1) is 0 Å². The quantitative estimate of drug-likeness (QED) is 0.675. The SMILES string of the molecule is NC(=O)CCC(C(=O)O)N1CCCCC1=O. The van der Waals surface area contributed by atoms with E-state index in [0.717, 1.165) is 12.8 Å². The first-order valence-corrected chi connectivity index (χ1v) is 5.33. The third kappa shape index (κ3) is 3.22. The smallest absolute Gasteiger partial charge is 0.326 e. The monoisotopic (exact) mass is 228 g/mol. The molecule has 1 atom stereocenters. The van der Waals surface area contributed by atoms with Crippen LogP contribution in [-0.4, -0.2) is 40.4 Å².